The lowest BCUT2D eigenvalue weighted by molar-refractivity contribution is -0.540. The van der Waals surface area contributed by atoms with Crippen LogP contribution in [0.25, 0.3) is 0 Å². The number of hydrogen-bond donors (Lipinski definition) is 0. The maximum atomic E-state index is 5.03. The van der Waals surface area contributed by atoms with Crippen LogP contribution in [0.15, 0.2) is 30.6 Å². The van der Waals surface area contributed by atoms with E-state index in [1.807, 2.05) is 30.6 Å². The number of hydrogen-bond acceptors (Lipinski definition) is 1. The van der Waals surface area contributed by atoms with Crippen LogP contribution in [0.5, 0.6) is 0 Å². The van der Waals surface area contributed by atoms with Crippen LogP contribution in [0, 0.1) is 0 Å². The number of pyridine rings is 1. The van der Waals surface area contributed by atoms with Crippen molar-refractivity contribution in [3.05, 3.63) is 30.6 Å². The Balaban J connectivity index is 2.61. The predicted molar refractivity (Wildman–Crippen MR) is 37.6 cm³/mol. The van der Waals surface area contributed by atoms with Crippen molar-refractivity contribution < 1.29 is 8.66 Å². The molecule has 9 heavy (non-hydrogen) atoms. The first-order valence-electron chi connectivity index (χ1n) is 2.86. The highest BCUT2D eigenvalue weighted by atomic mass is 28.2. The van der Waals surface area contributed by atoms with Gasteiger partial charge in [0.25, 0.3) is 0 Å². The zero-order valence-corrected chi connectivity index (χ0v) is 6.86. The molecule has 1 aromatic rings. The van der Waals surface area contributed by atoms with E-state index < -0.39 is 9.92 Å². The SMILES string of the molecule is CO[SiH2][n+]1ccccc1. The molecule has 0 saturated carbocycles. The molecule has 0 unspecified atom stereocenters. The molecule has 0 aliphatic rings. The summed E-state index contributed by atoms with van der Waals surface area (Å²) in [6.45, 7) is 0. The molecule has 0 aliphatic heterocycles. The maximum Gasteiger partial charge on any atom is 0.486 e. The van der Waals surface area contributed by atoms with Gasteiger partial charge in [-0.15, -0.1) is 0 Å². The van der Waals surface area contributed by atoms with E-state index in [1.54, 1.807) is 7.11 Å². The Kier molecular flexibility index (Phi) is 2.42. The number of aromatic nitrogens is 1. The van der Waals surface area contributed by atoms with Crippen LogP contribution in [0.1, 0.15) is 0 Å². The molecule has 0 aliphatic carbocycles. The Morgan fingerprint density at radius 3 is 2.44 bits per heavy atom. The van der Waals surface area contributed by atoms with Crippen LogP contribution in [0.4, 0.5) is 0 Å². The lowest BCUT2D eigenvalue weighted by Gasteiger charge is -1.89. The number of rotatable bonds is 2. The van der Waals surface area contributed by atoms with Gasteiger partial charge >= 0.3 is 9.92 Å². The summed E-state index contributed by atoms with van der Waals surface area (Å²) in [5.41, 5.74) is 0. The summed E-state index contributed by atoms with van der Waals surface area (Å²) in [5, 5.41) is 0. The minimum absolute atomic E-state index is 0.484. The molecule has 0 atom stereocenters. The summed E-state index contributed by atoms with van der Waals surface area (Å²) in [6, 6.07) is 6.01. The molecule has 0 radical (unpaired) electrons. The Morgan fingerprint density at radius 2 is 1.89 bits per heavy atom. The van der Waals surface area contributed by atoms with Crippen LogP contribution >= 0.6 is 0 Å². The molecular weight excluding hydrogens is 130 g/mol. The summed E-state index contributed by atoms with van der Waals surface area (Å²) < 4.78 is 7.13. The van der Waals surface area contributed by atoms with Gasteiger partial charge in [0.1, 0.15) is 12.4 Å². The van der Waals surface area contributed by atoms with Gasteiger partial charge in [0.05, 0.1) is 0 Å². The van der Waals surface area contributed by atoms with Gasteiger partial charge in [0.15, 0.2) is 0 Å². The van der Waals surface area contributed by atoms with Gasteiger partial charge in [-0.3, -0.25) is 4.23 Å². The van der Waals surface area contributed by atoms with E-state index in [0.717, 1.165) is 0 Å². The van der Waals surface area contributed by atoms with Crippen molar-refractivity contribution >= 4 is 9.92 Å². The molecule has 1 heterocycles. The van der Waals surface area contributed by atoms with E-state index in [0.29, 0.717) is 0 Å². The first-order valence-corrected chi connectivity index (χ1v) is 4.07. The van der Waals surface area contributed by atoms with Gasteiger partial charge in [-0.25, -0.2) is 0 Å². The highest BCUT2D eigenvalue weighted by Crippen LogP contribution is 1.73. The lowest BCUT2D eigenvalue weighted by atomic mass is 10.5. The van der Waals surface area contributed by atoms with Crippen molar-refractivity contribution in [3.8, 4) is 0 Å². The van der Waals surface area contributed by atoms with E-state index >= 15 is 0 Å². The molecule has 3 heteroatoms. The zero-order valence-electron chi connectivity index (χ0n) is 5.45. The second-order valence-corrected chi connectivity index (χ2v) is 3.37. The Labute approximate surface area is 57.1 Å². The predicted octanol–water partition coefficient (Wildman–Crippen LogP) is -0.533. The van der Waals surface area contributed by atoms with Gasteiger partial charge < -0.3 is 4.43 Å². The molecule has 1 rings (SSSR count). The van der Waals surface area contributed by atoms with E-state index in [2.05, 4.69) is 4.23 Å². The standard InChI is InChI=1S/C6H10NOSi/c1-8-9-7-5-3-2-4-6-7/h2-6H,9H2,1H3/q+1. The molecule has 0 aromatic carbocycles. The third-order valence-electron chi connectivity index (χ3n) is 1.06. The fourth-order valence-corrected chi connectivity index (χ4v) is 1.38. The molecule has 0 bridgehead atoms. The van der Waals surface area contributed by atoms with Gasteiger partial charge in [0, 0.05) is 7.11 Å². The largest absolute Gasteiger partial charge is 0.486 e. The monoisotopic (exact) mass is 140 g/mol. The summed E-state index contributed by atoms with van der Waals surface area (Å²) >= 11 is 0. The molecule has 0 amide bonds. The summed E-state index contributed by atoms with van der Waals surface area (Å²) in [4.78, 5) is 0. The highest BCUT2D eigenvalue weighted by Gasteiger charge is 1.94. The molecule has 2 nitrogen and oxygen atoms in total. The molecule has 0 N–H and O–H groups in total. The van der Waals surface area contributed by atoms with Crippen molar-refractivity contribution in [1.82, 2.24) is 0 Å². The minimum Gasteiger partial charge on any atom is -0.371 e. The lowest BCUT2D eigenvalue weighted by Crippen LogP contribution is -2.39. The van der Waals surface area contributed by atoms with Crippen molar-refractivity contribution in [2.24, 2.45) is 0 Å². The normalized spacial score (nSPS) is 10.8. The fraction of sp³-hybridized carbons (Fsp3) is 0.167. The van der Waals surface area contributed by atoms with E-state index in [-0.39, 0.29) is 0 Å². The molecule has 0 fully saturated rings. The highest BCUT2D eigenvalue weighted by molar-refractivity contribution is 6.14. The Bertz CT molecular complexity index is 166. The molecular formula is C6H10NOSi+. The van der Waals surface area contributed by atoms with E-state index in [4.69, 9.17) is 4.43 Å². The fourth-order valence-electron chi connectivity index (χ4n) is 0.669. The minimum atomic E-state index is -0.484. The van der Waals surface area contributed by atoms with Gasteiger partial charge in [-0.05, 0) is 12.1 Å². The third kappa shape index (κ3) is 1.95. The van der Waals surface area contributed by atoms with Crippen molar-refractivity contribution in [1.29, 1.82) is 0 Å². The maximum absolute atomic E-state index is 5.03. The van der Waals surface area contributed by atoms with Crippen molar-refractivity contribution in [2.75, 3.05) is 7.11 Å². The Morgan fingerprint density at radius 1 is 1.22 bits per heavy atom. The Hall–Kier alpha value is -0.673. The summed E-state index contributed by atoms with van der Waals surface area (Å²) in [7, 11) is 1.26. The van der Waals surface area contributed by atoms with Gasteiger partial charge in [-0.1, -0.05) is 6.07 Å². The van der Waals surface area contributed by atoms with Crippen LogP contribution < -0.4 is 4.23 Å². The van der Waals surface area contributed by atoms with E-state index in [9.17, 15) is 0 Å². The van der Waals surface area contributed by atoms with Crippen LogP contribution in [-0.4, -0.2) is 17.0 Å². The summed E-state index contributed by atoms with van der Waals surface area (Å²) in [5.74, 6) is 0. The van der Waals surface area contributed by atoms with Crippen molar-refractivity contribution in [3.63, 3.8) is 0 Å². The number of nitrogens with zero attached hydrogens (tertiary/aromatic N) is 1. The van der Waals surface area contributed by atoms with Gasteiger partial charge in [-0.2, -0.15) is 0 Å². The molecule has 1 aromatic heterocycles. The second kappa shape index (κ2) is 3.37. The quantitative estimate of drug-likeness (QED) is 0.503. The smallest absolute Gasteiger partial charge is 0.371 e. The average Bonchev–Trinajstić information content (AvgIpc) is 1.91. The summed E-state index contributed by atoms with van der Waals surface area (Å²) in [6.07, 6.45) is 4.05. The third-order valence-corrected chi connectivity index (χ3v) is 2.03. The molecule has 0 saturated heterocycles. The average molecular weight is 140 g/mol. The first-order chi connectivity index (χ1) is 4.43. The zero-order chi connectivity index (χ0) is 6.53. The topological polar surface area (TPSA) is 13.1 Å². The van der Waals surface area contributed by atoms with E-state index in [1.165, 1.54) is 0 Å². The first kappa shape index (κ1) is 6.45. The van der Waals surface area contributed by atoms with Crippen LogP contribution in [0.2, 0.25) is 0 Å². The molecule has 48 valence electrons. The second-order valence-electron chi connectivity index (χ2n) is 1.81. The van der Waals surface area contributed by atoms with Crippen molar-refractivity contribution in [2.45, 2.75) is 0 Å². The van der Waals surface area contributed by atoms with Gasteiger partial charge in [0.2, 0.25) is 0 Å². The molecule has 0 spiro atoms. The van der Waals surface area contributed by atoms with Crippen LogP contribution in [0.3, 0.4) is 0 Å². The van der Waals surface area contributed by atoms with Crippen LogP contribution in [-0.2, 0) is 4.43 Å².